The lowest BCUT2D eigenvalue weighted by molar-refractivity contribution is -0.138. The Hall–Kier alpha value is -3.55. The van der Waals surface area contributed by atoms with Gasteiger partial charge in [0.05, 0.1) is 5.56 Å². The Kier molecular flexibility index (Phi) is 6.77. The summed E-state index contributed by atoms with van der Waals surface area (Å²) in [5, 5.41) is 11.9. The Balaban J connectivity index is 1.51. The molecule has 3 aromatic carbocycles. The summed E-state index contributed by atoms with van der Waals surface area (Å²) in [5.74, 6) is -1.44. The Labute approximate surface area is 194 Å². The van der Waals surface area contributed by atoms with Gasteiger partial charge in [-0.25, -0.2) is 4.39 Å². The van der Waals surface area contributed by atoms with Gasteiger partial charge in [-0.3, -0.25) is 4.79 Å². The van der Waals surface area contributed by atoms with Gasteiger partial charge in [-0.2, -0.15) is 13.2 Å². The lowest BCUT2D eigenvalue weighted by atomic mass is 9.98. The normalized spacial score (nSPS) is 13.5. The number of hydrogen-bond acceptors (Lipinski definition) is 3. The van der Waals surface area contributed by atoms with Gasteiger partial charge in [0.1, 0.15) is 5.82 Å². The molecule has 0 spiro atoms. The fourth-order valence-electron chi connectivity index (χ4n) is 4.15. The Morgan fingerprint density at radius 1 is 1.06 bits per heavy atom. The molecule has 0 aliphatic carbocycles. The summed E-state index contributed by atoms with van der Waals surface area (Å²) in [7, 11) is 0. The molecule has 8 heteroatoms. The van der Waals surface area contributed by atoms with E-state index in [-0.39, 0.29) is 12.8 Å². The number of carbonyl (C=O) groups is 1. The van der Waals surface area contributed by atoms with Crippen LogP contribution in [0.1, 0.15) is 35.1 Å². The third kappa shape index (κ3) is 5.50. The Bertz CT molecular complexity index is 1190. The zero-order chi connectivity index (χ0) is 24.3. The minimum atomic E-state index is -4.40. The largest absolute Gasteiger partial charge is 0.481 e. The molecule has 4 nitrogen and oxygen atoms in total. The fourth-order valence-corrected chi connectivity index (χ4v) is 4.15. The van der Waals surface area contributed by atoms with Crippen LogP contribution in [-0.2, 0) is 30.4 Å². The summed E-state index contributed by atoms with van der Waals surface area (Å²) in [5.41, 5.74) is 3.58. The standard InChI is InChI=1S/C26H24F4N2O2/c27-23-15-21(10-8-18(23)9-11-25(33)34)31-16-17-6-7-19-3-2-12-32(24(19)13-17)22-5-1-4-20(14-22)26(28,29)30/h1,4-8,10,13-15,31H,2-3,9,11-12,16H2,(H,33,34). The summed E-state index contributed by atoms with van der Waals surface area (Å²) in [4.78, 5) is 12.6. The van der Waals surface area contributed by atoms with E-state index in [4.69, 9.17) is 5.11 Å². The van der Waals surface area contributed by atoms with Gasteiger partial charge >= 0.3 is 12.1 Å². The number of hydrogen-bond donors (Lipinski definition) is 2. The lowest BCUT2D eigenvalue weighted by Crippen LogP contribution is -2.25. The highest BCUT2D eigenvalue weighted by Crippen LogP contribution is 2.37. The minimum absolute atomic E-state index is 0.123. The SMILES string of the molecule is O=C(O)CCc1ccc(NCc2ccc3c(c2)N(c2cccc(C(F)(F)F)c2)CCC3)cc1F. The number of nitrogens with one attached hydrogen (secondary N) is 1. The number of alkyl halides is 3. The van der Waals surface area contributed by atoms with Gasteiger partial charge in [-0.1, -0.05) is 24.3 Å². The first-order valence-corrected chi connectivity index (χ1v) is 11.0. The van der Waals surface area contributed by atoms with Crippen LogP contribution in [0.15, 0.2) is 60.7 Å². The van der Waals surface area contributed by atoms with Crippen molar-refractivity contribution >= 4 is 23.0 Å². The molecule has 1 aliphatic heterocycles. The van der Waals surface area contributed by atoms with E-state index < -0.39 is 23.5 Å². The van der Waals surface area contributed by atoms with Crippen molar-refractivity contribution in [2.45, 2.75) is 38.4 Å². The monoisotopic (exact) mass is 472 g/mol. The maximum Gasteiger partial charge on any atom is 0.416 e. The van der Waals surface area contributed by atoms with Crippen LogP contribution in [-0.4, -0.2) is 17.6 Å². The van der Waals surface area contributed by atoms with Crippen molar-refractivity contribution in [3.8, 4) is 0 Å². The second-order valence-electron chi connectivity index (χ2n) is 8.32. The zero-order valence-electron chi connectivity index (χ0n) is 18.3. The van der Waals surface area contributed by atoms with Gasteiger partial charge in [-0.15, -0.1) is 0 Å². The molecule has 3 aromatic rings. The molecule has 0 unspecified atom stereocenters. The van der Waals surface area contributed by atoms with Crippen LogP contribution in [0.4, 0.5) is 34.6 Å². The van der Waals surface area contributed by atoms with Crippen LogP contribution in [0.25, 0.3) is 0 Å². The molecule has 0 amide bonds. The van der Waals surface area contributed by atoms with Crippen LogP contribution in [0, 0.1) is 5.82 Å². The molecule has 0 radical (unpaired) electrons. The number of aliphatic carboxylic acids is 1. The van der Waals surface area contributed by atoms with Gasteiger partial charge < -0.3 is 15.3 Å². The zero-order valence-corrected chi connectivity index (χ0v) is 18.3. The maximum absolute atomic E-state index is 14.3. The van der Waals surface area contributed by atoms with Crippen molar-refractivity contribution < 1.29 is 27.5 Å². The average molecular weight is 472 g/mol. The summed E-state index contributed by atoms with van der Waals surface area (Å²) >= 11 is 0. The number of carboxylic acid groups (broad SMARTS) is 1. The minimum Gasteiger partial charge on any atom is -0.481 e. The van der Waals surface area contributed by atoms with Crippen LogP contribution >= 0.6 is 0 Å². The molecule has 1 aliphatic rings. The number of aryl methyl sites for hydroxylation is 2. The van der Waals surface area contributed by atoms with Gasteiger partial charge in [0.15, 0.2) is 0 Å². The van der Waals surface area contributed by atoms with Gasteiger partial charge in [0.2, 0.25) is 0 Å². The number of rotatable bonds is 7. The van der Waals surface area contributed by atoms with Crippen molar-refractivity contribution in [3.05, 3.63) is 88.7 Å². The number of halogens is 4. The second kappa shape index (κ2) is 9.75. The summed E-state index contributed by atoms with van der Waals surface area (Å²) in [6, 6.07) is 15.9. The van der Waals surface area contributed by atoms with E-state index in [2.05, 4.69) is 5.32 Å². The molecule has 0 fully saturated rings. The predicted octanol–water partition coefficient (Wildman–Crippen LogP) is 6.56. The number of carboxylic acids is 1. The van der Waals surface area contributed by atoms with Gasteiger partial charge in [-0.05, 0) is 72.4 Å². The summed E-state index contributed by atoms with van der Waals surface area (Å²) < 4.78 is 53.9. The predicted molar refractivity (Wildman–Crippen MR) is 123 cm³/mol. The second-order valence-corrected chi connectivity index (χ2v) is 8.32. The molecule has 0 aromatic heterocycles. The first-order valence-electron chi connectivity index (χ1n) is 11.0. The highest BCUT2D eigenvalue weighted by atomic mass is 19.4. The first kappa shape index (κ1) is 23.6. The summed E-state index contributed by atoms with van der Waals surface area (Å²) in [6.45, 7) is 1.02. The molecule has 178 valence electrons. The Morgan fingerprint density at radius 3 is 2.62 bits per heavy atom. The molecule has 4 rings (SSSR count). The Morgan fingerprint density at radius 2 is 1.88 bits per heavy atom. The van der Waals surface area contributed by atoms with E-state index in [1.165, 1.54) is 18.2 Å². The van der Waals surface area contributed by atoms with Crippen molar-refractivity contribution in [3.63, 3.8) is 0 Å². The topological polar surface area (TPSA) is 52.6 Å². The fraction of sp³-hybridized carbons (Fsp3) is 0.269. The highest BCUT2D eigenvalue weighted by molar-refractivity contribution is 5.69. The van der Waals surface area contributed by atoms with E-state index in [0.29, 0.717) is 30.0 Å². The third-order valence-electron chi connectivity index (χ3n) is 5.91. The average Bonchev–Trinajstić information content (AvgIpc) is 2.81. The van der Waals surface area contributed by atoms with Gasteiger partial charge in [0, 0.05) is 36.6 Å². The van der Waals surface area contributed by atoms with Gasteiger partial charge in [0.25, 0.3) is 0 Å². The molecule has 0 saturated carbocycles. The van der Waals surface area contributed by atoms with Crippen molar-refractivity contribution in [2.75, 3.05) is 16.8 Å². The quantitative estimate of drug-likeness (QED) is 0.383. The van der Waals surface area contributed by atoms with E-state index in [9.17, 15) is 22.4 Å². The van der Waals surface area contributed by atoms with Crippen molar-refractivity contribution in [1.29, 1.82) is 0 Å². The van der Waals surface area contributed by atoms with Crippen LogP contribution in [0.3, 0.4) is 0 Å². The van der Waals surface area contributed by atoms with E-state index in [1.807, 2.05) is 23.1 Å². The lowest BCUT2D eigenvalue weighted by Gasteiger charge is -2.32. The number of fused-ring (bicyclic) bond motifs is 1. The summed E-state index contributed by atoms with van der Waals surface area (Å²) in [6.07, 6.45) is -2.73. The molecule has 2 N–H and O–H groups in total. The van der Waals surface area contributed by atoms with Crippen LogP contribution < -0.4 is 10.2 Å². The van der Waals surface area contributed by atoms with Crippen molar-refractivity contribution in [2.24, 2.45) is 0 Å². The number of anilines is 3. The molecule has 0 saturated heterocycles. The van der Waals surface area contributed by atoms with Crippen LogP contribution in [0.5, 0.6) is 0 Å². The molecular weight excluding hydrogens is 448 g/mol. The highest BCUT2D eigenvalue weighted by Gasteiger charge is 2.31. The molecule has 0 atom stereocenters. The van der Waals surface area contributed by atoms with E-state index >= 15 is 0 Å². The number of benzene rings is 3. The third-order valence-corrected chi connectivity index (χ3v) is 5.91. The maximum atomic E-state index is 14.3. The molecular formula is C26H24F4N2O2. The smallest absolute Gasteiger partial charge is 0.416 e. The van der Waals surface area contributed by atoms with Crippen LogP contribution in [0.2, 0.25) is 0 Å². The molecule has 1 heterocycles. The van der Waals surface area contributed by atoms with Crippen molar-refractivity contribution in [1.82, 2.24) is 0 Å². The molecule has 0 bridgehead atoms. The first-order chi connectivity index (χ1) is 16.2. The van der Waals surface area contributed by atoms with E-state index in [0.717, 1.165) is 35.7 Å². The number of nitrogens with zero attached hydrogens (tertiary/aromatic N) is 1. The van der Waals surface area contributed by atoms with E-state index in [1.54, 1.807) is 18.2 Å². The molecule has 34 heavy (non-hydrogen) atoms.